The first-order chi connectivity index (χ1) is 15.7. The van der Waals surface area contributed by atoms with E-state index in [0.717, 1.165) is 6.42 Å². The van der Waals surface area contributed by atoms with E-state index >= 15 is 0 Å². The minimum Gasteiger partial charge on any atom is -0.295 e. The number of amides is 1. The lowest BCUT2D eigenvalue weighted by molar-refractivity contribution is 0.0961. The SMILES string of the molecule is CCCc1cc(=O)[nH]c(NNC(=O)c2ccc(NS(=O)(=O)c3ccc(C(C)=O)cc3)cc2)n1. The van der Waals surface area contributed by atoms with E-state index in [1.165, 1.54) is 61.5 Å². The van der Waals surface area contributed by atoms with E-state index in [-0.39, 0.29) is 33.4 Å². The van der Waals surface area contributed by atoms with Crippen LogP contribution in [0.4, 0.5) is 11.6 Å². The third kappa shape index (κ3) is 6.26. The predicted octanol–water partition coefficient (Wildman–Crippen LogP) is 2.48. The van der Waals surface area contributed by atoms with E-state index < -0.39 is 15.9 Å². The maximum atomic E-state index is 12.5. The van der Waals surface area contributed by atoms with E-state index in [1.807, 2.05) is 6.92 Å². The van der Waals surface area contributed by atoms with Gasteiger partial charge >= 0.3 is 0 Å². The van der Waals surface area contributed by atoms with Gasteiger partial charge in [-0.15, -0.1) is 0 Å². The van der Waals surface area contributed by atoms with Crippen molar-refractivity contribution in [3.05, 3.63) is 81.8 Å². The number of aromatic nitrogens is 2. The molecule has 1 amide bonds. The number of nitrogens with one attached hydrogen (secondary N) is 4. The molecule has 1 aromatic heterocycles. The van der Waals surface area contributed by atoms with Crippen molar-refractivity contribution >= 4 is 33.3 Å². The van der Waals surface area contributed by atoms with Gasteiger partial charge in [-0.2, -0.15) is 0 Å². The molecule has 33 heavy (non-hydrogen) atoms. The predicted molar refractivity (Wildman–Crippen MR) is 124 cm³/mol. The highest BCUT2D eigenvalue weighted by Crippen LogP contribution is 2.17. The van der Waals surface area contributed by atoms with Crippen molar-refractivity contribution < 1.29 is 18.0 Å². The Balaban J connectivity index is 1.64. The molecule has 1 heterocycles. The number of sulfonamides is 1. The number of ketones is 1. The maximum Gasteiger partial charge on any atom is 0.269 e. The van der Waals surface area contributed by atoms with Gasteiger partial charge in [-0.3, -0.25) is 34.9 Å². The second kappa shape index (κ2) is 10.1. The molecule has 0 radical (unpaired) electrons. The van der Waals surface area contributed by atoms with Crippen molar-refractivity contribution in [3.8, 4) is 0 Å². The molecule has 0 aliphatic heterocycles. The Kier molecular flexibility index (Phi) is 7.23. The summed E-state index contributed by atoms with van der Waals surface area (Å²) in [6, 6.07) is 12.7. The number of aryl methyl sites for hydroxylation is 1. The fraction of sp³-hybridized carbons (Fsp3) is 0.182. The molecular formula is C22H23N5O5S. The molecule has 0 fully saturated rings. The topological polar surface area (TPSA) is 150 Å². The summed E-state index contributed by atoms with van der Waals surface area (Å²) in [5.41, 5.74) is 6.19. The molecule has 2 aromatic carbocycles. The van der Waals surface area contributed by atoms with Crippen molar-refractivity contribution in [3.63, 3.8) is 0 Å². The largest absolute Gasteiger partial charge is 0.295 e. The molecule has 3 aromatic rings. The average Bonchev–Trinajstić information content (AvgIpc) is 2.77. The van der Waals surface area contributed by atoms with Gasteiger partial charge in [0.1, 0.15) is 0 Å². The molecule has 10 nitrogen and oxygen atoms in total. The number of nitrogens with zero attached hydrogens (tertiary/aromatic N) is 1. The zero-order valence-corrected chi connectivity index (χ0v) is 18.8. The van der Waals surface area contributed by atoms with Crippen molar-refractivity contribution in [2.75, 3.05) is 10.1 Å². The molecular weight excluding hydrogens is 446 g/mol. The molecule has 4 N–H and O–H groups in total. The van der Waals surface area contributed by atoms with Gasteiger partial charge in [-0.05, 0) is 49.7 Å². The van der Waals surface area contributed by atoms with E-state index in [9.17, 15) is 22.8 Å². The van der Waals surface area contributed by atoms with Crippen LogP contribution in [0.15, 0.2) is 64.3 Å². The van der Waals surface area contributed by atoms with Crippen LogP contribution >= 0.6 is 0 Å². The molecule has 0 saturated carbocycles. The number of H-pyrrole nitrogens is 1. The molecule has 3 rings (SSSR count). The number of anilines is 2. The van der Waals surface area contributed by atoms with Crippen LogP contribution in [0.5, 0.6) is 0 Å². The Hall–Kier alpha value is -3.99. The zero-order valence-electron chi connectivity index (χ0n) is 18.0. The van der Waals surface area contributed by atoms with Gasteiger partial charge < -0.3 is 0 Å². The Bertz CT molecular complexity index is 1320. The lowest BCUT2D eigenvalue weighted by Crippen LogP contribution is -2.31. The summed E-state index contributed by atoms with van der Waals surface area (Å²) in [5.74, 6) is -0.557. The molecule has 11 heteroatoms. The van der Waals surface area contributed by atoms with Crippen molar-refractivity contribution in [2.24, 2.45) is 0 Å². The molecule has 0 saturated heterocycles. The third-order valence-corrected chi connectivity index (χ3v) is 5.96. The highest BCUT2D eigenvalue weighted by molar-refractivity contribution is 7.92. The molecule has 0 aliphatic carbocycles. The smallest absolute Gasteiger partial charge is 0.269 e. The fourth-order valence-electron chi connectivity index (χ4n) is 2.91. The minimum absolute atomic E-state index is 0.00492. The van der Waals surface area contributed by atoms with Crippen LogP contribution in [-0.4, -0.2) is 30.1 Å². The van der Waals surface area contributed by atoms with Crippen LogP contribution in [0.3, 0.4) is 0 Å². The van der Waals surface area contributed by atoms with Gasteiger partial charge in [0, 0.05) is 28.6 Å². The molecule has 0 atom stereocenters. The first kappa shape index (κ1) is 23.7. The van der Waals surface area contributed by atoms with E-state index in [2.05, 4.69) is 25.5 Å². The third-order valence-electron chi connectivity index (χ3n) is 4.57. The zero-order chi connectivity index (χ0) is 24.0. The molecule has 0 aliphatic rings. The summed E-state index contributed by atoms with van der Waals surface area (Å²) in [5, 5.41) is 0. The monoisotopic (exact) mass is 469 g/mol. The molecule has 172 valence electrons. The van der Waals surface area contributed by atoms with Gasteiger partial charge in [0.25, 0.3) is 21.5 Å². The van der Waals surface area contributed by atoms with Crippen LogP contribution in [0.25, 0.3) is 0 Å². The van der Waals surface area contributed by atoms with Crippen LogP contribution in [0.2, 0.25) is 0 Å². The summed E-state index contributed by atoms with van der Waals surface area (Å²) in [7, 11) is -3.86. The quantitative estimate of drug-likeness (QED) is 0.278. The van der Waals surface area contributed by atoms with Gasteiger partial charge in [-0.25, -0.2) is 13.4 Å². The lowest BCUT2D eigenvalue weighted by Gasteiger charge is -2.10. The molecule has 0 spiro atoms. The Morgan fingerprint density at radius 1 is 1.00 bits per heavy atom. The molecule has 0 unspecified atom stereocenters. The summed E-state index contributed by atoms with van der Waals surface area (Å²) in [6.45, 7) is 3.36. The van der Waals surface area contributed by atoms with Gasteiger partial charge in [0.15, 0.2) is 5.78 Å². The number of hydrogen-bond donors (Lipinski definition) is 4. The van der Waals surface area contributed by atoms with Gasteiger partial charge in [0.2, 0.25) is 5.95 Å². The first-order valence-corrected chi connectivity index (χ1v) is 11.6. The summed E-state index contributed by atoms with van der Waals surface area (Å²) >= 11 is 0. The Morgan fingerprint density at radius 3 is 2.24 bits per heavy atom. The lowest BCUT2D eigenvalue weighted by atomic mass is 10.2. The minimum atomic E-state index is -3.86. The van der Waals surface area contributed by atoms with Gasteiger partial charge in [-0.1, -0.05) is 25.5 Å². The van der Waals surface area contributed by atoms with Crippen molar-refractivity contribution in [1.29, 1.82) is 0 Å². The standard InChI is InChI=1S/C22H23N5O5S/c1-3-4-18-13-20(29)24-22(23-18)26-25-21(30)16-5-9-17(10-6-16)27-33(31,32)19-11-7-15(8-12-19)14(2)28/h5-13,27H,3-4H2,1-2H3,(H,25,30)(H2,23,24,26,29). The Labute approximate surface area is 190 Å². The normalized spacial score (nSPS) is 11.0. The molecule has 0 bridgehead atoms. The number of carbonyl (C=O) groups excluding carboxylic acids is 2. The number of carbonyl (C=O) groups is 2. The Morgan fingerprint density at radius 2 is 1.64 bits per heavy atom. The van der Waals surface area contributed by atoms with Gasteiger partial charge in [0.05, 0.1) is 4.90 Å². The number of hydrazine groups is 1. The van der Waals surface area contributed by atoms with Crippen molar-refractivity contribution in [2.45, 2.75) is 31.6 Å². The van der Waals surface area contributed by atoms with Crippen LogP contribution in [-0.2, 0) is 16.4 Å². The van der Waals surface area contributed by atoms with E-state index in [4.69, 9.17) is 0 Å². The fourth-order valence-corrected chi connectivity index (χ4v) is 3.97. The van der Waals surface area contributed by atoms with Crippen LogP contribution < -0.4 is 21.1 Å². The highest BCUT2D eigenvalue weighted by atomic mass is 32.2. The first-order valence-electron chi connectivity index (χ1n) is 10.1. The number of rotatable bonds is 9. The average molecular weight is 470 g/mol. The second-order valence-corrected chi connectivity index (χ2v) is 8.86. The number of Topliss-reactive ketones (excluding diaryl/α,β-unsaturated/α-hetero) is 1. The van der Waals surface area contributed by atoms with Crippen LogP contribution in [0.1, 0.15) is 46.7 Å². The maximum absolute atomic E-state index is 12.5. The summed E-state index contributed by atoms with van der Waals surface area (Å²) in [6.07, 6.45) is 1.45. The van der Waals surface area contributed by atoms with E-state index in [0.29, 0.717) is 17.7 Å². The number of benzene rings is 2. The van der Waals surface area contributed by atoms with E-state index in [1.54, 1.807) is 0 Å². The second-order valence-electron chi connectivity index (χ2n) is 7.18. The van der Waals surface area contributed by atoms with Crippen LogP contribution in [0, 0.1) is 0 Å². The summed E-state index contributed by atoms with van der Waals surface area (Å²) in [4.78, 5) is 42.1. The summed E-state index contributed by atoms with van der Waals surface area (Å²) < 4.78 is 27.5. The van der Waals surface area contributed by atoms with Crippen molar-refractivity contribution in [1.82, 2.24) is 15.4 Å². The highest BCUT2D eigenvalue weighted by Gasteiger charge is 2.15. The number of hydrogen-bond acceptors (Lipinski definition) is 7. The number of aromatic amines is 1.